The molecular formula is C23H29ClN3O2+. The lowest BCUT2D eigenvalue weighted by Gasteiger charge is -2.30. The van der Waals surface area contributed by atoms with Crippen LogP contribution in [0.4, 0.5) is 0 Å². The van der Waals surface area contributed by atoms with Crippen molar-refractivity contribution < 1.29 is 14.5 Å². The Bertz CT molecular complexity index is 803. The molecule has 0 unspecified atom stereocenters. The van der Waals surface area contributed by atoms with E-state index in [1.807, 2.05) is 42.5 Å². The zero-order valence-corrected chi connectivity index (χ0v) is 17.5. The molecule has 1 atom stereocenters. The third kappa shape index (κ3) is 6.87. The number of carbonyl (C=O) groups is 2. The largest absolute Gasteiger partial charge is 0.353 e. The highest BCUT2D eigenvalue weighted by Crippen LogP contribution is 2.17. The highest BCUT2D eigenvalue weighted by atomic mass is 35.5. The van der Waals surface area contributed by atoms with Crippen molar-refractivity contribution in [1.29, 1.82) is 0 Å². The molecule has 3 N–H and O–H groups in total. The predicted molar refractivity (Wildman–Crippen MR) is 115 cm³/mol. The fourth-order valence-corrected chi connectivity index (χ4v) is 4.02. The van der Waals surface area contributed by atoms with Gasteiger partial charge < -0.3 is 15.5 Å². The lowest BCUT2D eigenvalue weighted by molar-refractivity contribution is -0.918. The summed E-state index contributed by atoms with van der Waals surface area (Å²) in [5.74, 6) is -0.149. The van der Waals surface area contributed by atoms with E-state index >= 15 is 0 Å². The molecule has 29 heavy (non-hydrogen) atoms. The van der Waals surface area contributed by atoms with E-state index < -0.39 is 0 Å². The maximum absolute atomic E-state index is 12.6. The first-order chi connectivity index (χ1) is 14.0. The topological polar surface area (TPSA) is 62.6 Å². The lowest BCUT2D eigenvalue weighted by Crippen LogP contribution is -3.12. The van der Waals surface area contributed by atoms with Crippen molar-refractivity contribution >= 4 is 23.4 Å². The van der Waals surface area contributed by atoms with Gasteiger partial charge in [-0.15, -0.1) is 0 Å². The number of nitrogens with one attached hydrogen (secondary N) is 3. The molecule has 1 aliphatic rings. The van der Waals surface area contributed by atoms with Gasteiger partial charge in [0.1, 0.15) is 6.54 Å². The van der Waals surface area contributed by atoms with Gasteiger partial charge in [-0.2, -0.15) is 0 Å². The Hall–Kier alpha value is -2.37. The van der Waals surface area contributed by atoms with Gasteiger partial charge in [-0.1, -0.05) is 54.1 Å². The molecule has 1 aliphatic heterocycles. The van der Waals surface area contributed by atoms with Crippen molar-refractivity contribution in [3.8, 4) is 0 Å². The molecule has 6 heteroatoms. The van der Waals surface area contributed by atoms with Crippen LogP contribution in [0.1, 0.15) is 43.4 Å². The summed E-state index contributed by atoms with van der Waals surface area (Å²) in [6.45, 7) is 4.52. The van der Waals surface area contributed by atoms with Crippen LogP contribution in [-0.2, 0) is 16.1 Å². The Morgan fingerprint density at radius 3 is 2.34 bits per heavy atom. The van der Waals surface area contributed by atoms with Crippen molar-refractivity contribution in [1.82, 2.24) is 10.6 Å². The maximum atomic E-state index is 12.6. The number of amides is 2. The van der Waals surface area contributed by atoms with E-state index in [1.165, 1.54) is 17.4 Å². The van der Waals surface area contributed by atoms with E-state index in [9.17, 15) is 9.59 Å². The first kappa shape index (κ1) is 21.3. The Labute approximate surface area is 177 Å². The molecule has 1 saturated heterocycles. The van der Waals surface area contributed by atoms with Crippen LogP contribution in [-0.4, -0.2) is 30.9 Å². The van der Waals surface area contributed by atoms with Crippen LogP contribution in [0.2, 0.25) is 5.02 Å². The first-order valence-corrected chi connectivity index (χ1v) is 10.6. The van der Waals surface area contributed by atoms with Gasteiger partial charge >= 0.3 is 0 Å². The minimum absolute atomic E-state index is 0.0150. The van der Waals surface area contributed by atoms with E-state index in [0.29, 0.717) is 0 Å². The van der Waals surface area contributed by atoms with Gasteiger partial charge in [0.2, 0.25) is 11.8 Å². The quantitative estimate of drug-likeness (QED) is 0.650. The van der Waals surface area contributed by atoms with Crippen LogP contribution in [0.25, 0.3) is 0 Å². The van der Waals surface area contributed by atoms with Crippen LogP contribution in [0.5, 0.6) is 0 Å². The molecule has 0 radical (unpaired) electrons. The summed E-state index contributed by atoms with van der Waals surface area (Å²) in [6, 6.07) is 17.6. The van der Waals surface area contributed by atoms with Crippen molar-refractivity contribution in [3.63, 3.8) is 0 Å². The minimum Gasteiger partial charge on any atom is -0.353 e. The lowest BCUT2D eigenvalue weighted by atomic mass is 10.0. The second-order valence-electron chi connectivity index (χ2n) is 7.76. The number of hydrogen-bond donors (Lipinski definition) is 3. The molecule has 154 valence electrons. The maximum Gasteiger partial charge on any atom is 0.222 e. The van der Waals surface area contributed by atoms with Gasteiger partial charge in [0.05, 0.1) is 25.6 Å². The molecule has 0 spiro atoms. The van der Waals surface area contributed by atoms with Crippen molar-refractivity contribution in [2.24, 2.45) is 0 Å². The van der Waals surface area contributed by atoms with Crippen LogP contribution in [0.15, 0.2) is 54.6 Å². The van der Waals surface area contributed by atoms with Gasteiger partial charge in [0.25, 0.3) is 0 Å². The summed E-state index contributed by atoms with van der Waals surface area (Å²) in [4.78, 5) is 25.7. The van der Waals surface area contributed by atoms with Crippen LogP contribution in [0.3, 0.4) is 0 Å². The predicted octanol–water partition coefficient (Wildman–Crippen LogP) is 2.27. The monoisotopic (exact) mass is 414 g/mol. The summed E-state index contributed by atoms with van der Waals surface area (Å²) in [5.41, 5.74) is 2.23. The summed E-state index contributed by atoms with van der Waals surface area (Å²) < 4.78 is 0. The highest BCUT2D eigenvalue weighted by molar-refractivity contribution is 6.30. The summed E-state index contributed by atoms with van der Waals surface area (Å²) in [6.07, 6.45) is 2.18. The zero-order chi connectivity index (χ0) is 20.6. The Balaban J connectivity index is 1.47. The Morgan fingerprint density at radius 1 is 1.07 bits per heavy atom. The molecule has 2 aromatic rings. The van der Waals surface area contributed by atoms with Crippen LogP contribution >= 0.6 is 11.6 Å². The fourth-order valence-electron chi connectivity index (χ4n) is 3.89. The number of piperidine rings is 1. The second kappa shape index (κ2) is 10.4. The number of rotatable bonds is 7. The third-order valence-corrected chi connectivity index (χ3v) is 5.65. The molecule has 0 bridgehead atoms. The molecule has 0 aromatic heterocycles. The molecule has 1 fully saturated rings. The fraction of sp³-hybridized carbons (Fsp3) is 0.391. The smallest absolute Gasteiger partial charge is 0.222 e. The zero-order valence-electron chi connectivity index (χ0n) is 16.8. The SMILES string of the molecule is CC(=O)N[C@@H](CC(=O)NC1CC[NH+](Cc2ccc(Cl)cc2)CC1)c1ccccc1. The van der Waals surface area contributed by atoms with Crippen LogP contribution < -0.4 is 15.5 Å². The second-order valence-corrected chi connectivity index (χ2v) is 8.20. The number of quaternary nitrogens is 1. The van der Waals surface area contributed by atoms with Crippen LogP contribution in [0, 0.1) is 0 Å². The molecule has 2 amide bonds. The highest BCUT2D eigenvalue weighted by Gasteiger charge is 2.25. The van der Waals surface area contributed by atoms with E-state index in [4.69, 9.17) is 11.6 Å². The van der Waals surface area contributed by atoms with Gasteiger partial charge in [-0.05, 0) is 17.7 Å². The third-order valence-electron chi connectivity index (χ3n) is 5.39. The first-order valence-electron chi connectivity index (χ1n) is 10.2. The summed E-state index contributed by atoms with van der Waals surface area (Å²) in [7, 11) is 0. The molecule has 5 nitrogen and oxygen atoms in total. The molecule has 3 rings (SSSR count). The Kier molecular flexibility index (Phi) is 7.67. The molecule has 2 aromatic carbocycles. The van der Waals surface area contributed by atoms with Crippen molar-refractivity contribution in [3.05, 3.63) is 70.7 Å². The summed E-state index contributed by atoms with van der Waals surface area (Å²) >= 11 is 5.95. The average Bonchev–Trinajstić information content (AvgIpc) is 2.71. The molecular weight excluding hydrogens is 386 g/mol. The van der Waals surface area contributed by atoms with E-state index in [0.717, 1.165) is 43.1 Å². The molecule has 1 heterocycles. The number of carbonyl (C=O) groups excluding carboxylic acids is 2. The van der Waals surface area contributed by atoms with E-state index in [1.54, 1.807) is 0 Å². The van der Waals surface area contributed by atoms with Gasteiger partial charge in [-0.3, -0.25) is 9.59 Å². The number of likely N-dealkylation sites (tertiary alicyclic amines) is 1. The van der Waals surface area contributed by atoms with Gasteiger partial charge in [0, 0.05) is 36.4 Å². The molecule has 0 aliphatic carbocycles. The number of benzene rings is 2. The van der Waals surface area contributed by atoms with Crippen molar-refractivity contribution in [2.45, 2.75) is 44.8 Å². The summed E-state index contributed by atoms with van der Waals surface area (Å²) in [5, 5.41) is 6.81. The minimum atomic E-state index is -0.302. The van der Waals surface area contributed by atoms with E-state index in [2.05, 4.69) is 22.8 Å². The van der Waals surface area contributed by atoms with Gasteiger partial charge in [-0.25, -0.2) is 0 Å². The number of halogens is 1. The van der Waals surface area contributed by atoms with Gasteiger partial charge in [0.15, 0.2) is 0 Å². The van der Waals surface area contributed by atoms with E-state index in [-0.39, 0.29) is 30.3 Å². The Morgan fingerprint density at radius 2 is 1.72 bits per heavy atom. The molecule has 0 saturated carbocycles. The normalized spacial score (nSPS) is 19.9. The standard InChI is InChI=1S/C23H28ClN3O2/c1-17(28)25-22(19-5-3-2-4-6-19)15-23(29)26-21-11-13-27(14-12-21)16-18-7-9-20(24)10-8-18/h2-10,21-22H,11-16H2,1H3,(H,25,28)(H,26,29)/p+1/t22-/m0/s1. The average molecular weight is 415 g/mol. The number of hydrogen-bond acceptors (Lipinski definition) is 2. The van der Waals surface area contributed by atoms with Crippen molar-refractivity contribution in [2.75, 3.05) is 13.1 Å².